The van der Waals surface area contributed by atoms with Gasteiger partial charge in [-0.25, -0.2) is 0 Å². The highest BCUT2D eigenvalue weighted by atomic mass is 28.2. The summed E-state index contributed by atoms with van der Waals surface area (Å²) in [4.78, 5) is 0. The molecule has 3 rings (SSSR count). The summed E-state index contributed by atoms with van der Waals surface area (Å²) in [5.41, 5.74) is 3.79. The second-order valence-electron chi connectivity index (χ2n) is 4.69. The molecule has 19 heavy (non-hydrogen) atoms. The summed E-state index contributed by atoms with van der Waals surface area (Å²) in [6, 6.07) is 28.3. The third-order valence-corrected chi connectivity index (χ3v) is 5.86. The van der Waals surface area contributed by atoms with Crippen LogP contribution >= 0.6 is 0 Å². The molecule has 0 unspecified atom stereocenters. The van der Waals surface area contributed by atoms with Gasteiger partial charge in [0.1, 0.15) is 0 Å². The van der Waals surface area contributed by atoms with E-state index in [0.717, 1.165) is 6.42 Å². The van der Waals surface area contributed by atoms with Gasteiger partial charge in [-0.2, -0.15) is 0 Å². The Morgan fingerprint density at radius 3 is 2.00 bits per heavy atom. The summed E-state index contributed by atoms with van der Waals surface area (Å²) < 4.78 is 0. The van der Waals surface area contributed by atoms with Crippen molar-refractivity contribution in [2.24, 2.45) is 0 Å². The molecule has 0 atom stereocenters. The molecule has 0 fully saturated rings. The van der Waals surface area contributed by atoms with Gasteiger partial charge in [-0.05, 0) is 17.2 Å². The summed E-state index contributed by atoms with van der Waals surface area (Å²) in [5.74, 6) is 0. The number of benzene rings is 2. The van der Waals surface area contributed by atoms with Gasteiger partial charge in [0.05, 0.1) is 8.40 Å². The van der Waals surface area contributed by atoms with Crippen molar-refractivity contribution in [2.45, 2.75) is 6.42 Å². The predicted molar refractivity (Wildman–Crippen MR) is 83.0 cm³/mol. The molecule has 0 radical (unpaired) electrons. The van der Waals surface area contributed by atoms with Gasteiger partial charge in [0.15, 0.2) is 0 Å². The maximum atomic E-state index is 2.39. The van der Waals surface area contributed by atoms with Crippen LogP contribution in [0.3, 0.4) is 0 Å². The second-order valence-corrected chi connectivity index (χ2v) is 7.07. The van der Waals surface area contributed by atoms with Crippen LogP contribution in [0.2, 0.25) is 0 Å². The average Bonchev–Trinajstić information content (AvgIpc) is 2.50. The van der Waals surface area contributed by atoms with Crippen LogP contribution in [0.1, 0.15) is 10.7 Å². The van der Waals surface area contributed by atoms with Gasteiger partial charge < -0.3 is 0 Å². The molecular formula is C18H16Si. The third kappa shape index (κ3) is 2.88. The first-order valence-corrected chi connectivity index (χ1v) is 8.18. The van der Waals surface area contributed by atoms with E-state index in [0.29, 0.717) is 0 Å². The van der Waals surface area contributed by atoms with Gasteiger partial charge in [-0.15, -0.1) is 0 Å². The predicted octanol–water partition coefficient (Wildman–Crippen LogP) is 4.29. The SMILES string of the molecule is c1ccc(Cc2cccc[si]2-c2ccccc2)cc1. The van der Waals surface area contributed by atoms with E-state index >= 15 is 0 Å². The minimum absolute atomic E-state index is 0.712. The lowest BCUT2D eigenvalue weighted by molar-refractivity contribution is 1.23. The molecule has 0 bridgehead atoms. The van der Waals surface area contributed by atoms with Crippen molar-refractivity contribution < 1.29 is 0 Å². The van der Waals surface area contributed by atoms with E-state index in [4.69, 9.17) is 0 Å². The first-order chi connectivity index (χ1) is 9.43. The largest absolute Gasteiger partial charge is 0.0761 e. The van der Waals surface area contributed by atoms with Crippen LogP contribution < -0.4 is 0 Å². The van der Waals surface area contributed by atoms with Crippen LogP contribution in [-0.4, -0.2) is 8.40 Å². The monoisotopic (exact) mass is 260 g/mol. The zero-order valence-electron chi connectivity index (χ0n) is 10.8. The Hall–Kier alpha value is -1.99. The molecule has 0 saturated heterocycles. The van der Waals surface area contributed by atoms with Crippen LogP contribution in [-0.2, 0) is 6.42 Å². The van der Waals surface area contributed by atoms with Crippen molar-refractivity contribution in [2.75, 3.05) is 0 Å². The van der Waals surface area contributed by atoms with E-state index in [1.54, 1.807) is 5.17 Å². The molecule has 0 spiro atoms. The molecule has 1 heterocycles. The van der Waals surface area contributed by atoms with Crippen LogP contribution in [0.15, 0.2) is 84.5 Å². The molecule has 0 N–H and O–H groups in total. The molecule has 3 aromatic rings. The van der Waals surface area contributed by atoms with Crippen LogP contribution in [0.4, 0.5) is 0 Å². The van der Waals surface area contributed by atoms with E-state index in [2.05, 4.69) is 84.5 Å². The molecule has 0 aliphatic rings. The second kappa shape index (κ2) is 5.76. The van der Waals surface area contributed by atoms with E-state index in [1.165, 1.54) is 10.8 Å². The molecule has 0 aliphatic carbocycles. The molecule has 1 heteroatoms. The van der Waals surface area contributed by atoms with Crippen LogP contribution in [0.5, 0.6) is 0 Å². The smallest absolute Gasteiger partial charge is 0.0734 e. The third-order valence-electron chi connectivity index (χ3n) is 3.34. The fourth-order valence-electron chi connectivity index (χ4n) is 2.39. The van der Waals surface area contributed by atoms with Crippen molar-refractivity contribution >= 4 is 8.40 Å². The Morgan fingerprint density at radius 1 is 0.632 bits per heavy atom. The topological polar surface area (TPSA) is 0 Å². The van der Waals surface area contributed by atoms with Gasteiger partial charge in [-0.3, -0.25) is 0 Å². The zero-order valence-corrected chi connectivity index (χ0v) is 11.8. The minimum Gasteiger partial charge on any atom is -0.0734 e. The maximum Gasteiger partial charge on any atom is 0.0761 e. The lowest BCUT2D eigenvalue weighted by Gasteiger charge is -2.09. The Morgan fingerprint density at radius 2 is 1.26 bits per heavy atom. The molecule has 1 aromatic heterocycles. The van der Waals surface area contributed by atoms with Crippen LogP contribution in [0.25, 0.3) is 5.19 Å². The van der Waals surface area contributed by atoms with E-state index in [1.807, 2.05) is 0 Å². The molecule has 92 valence electrons. The molecule has 0 amide bonds. The van der Waals surface area contributed by atoms with Crippen LogP contribution in [0, 0.1) is 0 Å². The van der Waals surface area contributed by atoms with Gasteiger partial charge in [0.2, 0.25) is 0 Å². The number of hydrogen-bond donors (Lipinski definition) is 0. The summed E-state index contributed by atoms with van der Waals surface area (Å²) >= 11 is 0. The fraction of sp³-hybridized carbons (Fsp3) is 0.0556. The van der Waals surface area contributed by atoms with Gasteiger partial charge in [0.25, 0.3) is 0 Å². The van der Waals surface area contributed by atoms with Crippen molar-refractivity contribution in [3.8, 4) is 5.19 Å². The first kappa shape index (κ1) is 12.1. The van der Waals surface area contributed by atoms with Crippen molar-refractivity contribution in [1.29, 1.82) is 0 Å². The normalized spacial score (nSPS) is 10.3. The zero-order chi connectivity index (χ0) is 12.9. The summed E-state index contributed by atoms with van der Waals surface area (Å²) in [6.45, 7) is 0. The minimum atomic E-state index is -0.712. The molecule has 2 aromatic carbocycles. The van der Waals surface area contributed by atoms with E-state index in [-0.39, 0.29) is 0 Å². The highest BCUT2D eigenvalue weighted by Crippen LogP contribution is 2.14. The van der Waals surface area contributed by atoms with Gasteiger partial charge in [0, 0.05) is 0 Å². The molecule has 0 nitrogen and oxygen atoms in total. The van der Waals surface area contributed by atoms with E-state index in [9.17, 15) is 0 Å². The summed E-state index contributed by atoms with van der Waals surface area (Å²) in [5, 5.41) is 3.03. The summed E-state index contributed by atoms with van der Waals surface area (Å²) in [7, 11) is -0.712. The summed E-state index contributed by atoms with van der Waals surface area (Å²) in [6.07, 6.45) is 1.06. The van der Waals surface area contributed by atoms with Crippen molar-refractivity contribution in [3.63, 3.8) is 0 Å². The molecule has 0 aliphatic heterocycles. The fourth-order valence-corrected chi connectivity index (χ4v) is 4.69. The maximum absolute atomic E-state index is 2.39. The number of rotatable bonds is 3. The quantitative estimate of drug-likeness (QED) is 0.616. The molecule has 0 saturated carbocycles. The van der Waals surface area contributed by atoms with E-state index < -0.39 is 8.40 Å². The lowest BCUT2D eigenvalue weighted by Crippen LogP contribution is -2.05. The first-order valence-electron chi connectivity index (χ1n) is 6.61. The Kier molecular flexibility index (Phi) is 3.66. The Labute approximate surface area is 115 Å². The van der Waals surface area contributed by atoms with Crippen molar-refractivity contribution in [1.82, 2.24) is 0 Å². The van der Waals surface area contributed by atoms with Crippen molar-refractivity contribution in [3.05, 3.63) is 95.3 Å². The lowest BCUT2D eigenvalue weighted by atomic mass is 10.1. The highest BCUT2D eigenvalue weighted by molar-refractivity contribution is 6.66. The Balaban J connectivity index is 1.99. The Bertz CT molecular complexity index is 645. The standard InChI is InChI=1S/C18H16Si/c1-3-9-16(10-4-1)15-18-13-7-8-14-19(18)17-11-5-2-6-12-17/h1-14H,15H2. The number of hydrogen-bond acceptors (Lipinski definition) is 0. The van der Waals surface area contributed by atoms with Gasteiger partial charge in [-0.1, -0.05) is 89.7 Å². The highest BCUT2D eigenvalue weighted by Gasteiger charge is 2.05. The average molecular weight is 260 g/mol. The van der Waals surface area contributed by atoms with Gasteiger partial charge >= 0.3 is 0 Å². The molecular weight excluding hydrogens is 244 g/mol.